The number of rotatable bonds is 5. The van der Waals surface area contributed by atoms with Gasteiger partial charge in [-0.15, -0.1) is 0 Å². The first-order chi connectivity index (χ1) is 16.2. The molecule has 2 fully saturated rings. The van der Waals surface area contributed by atoms with E-state index in [0.717, 1.165) is 80.0 Å². The lowest BCUT2D eigenvalue weighted by molar-refractivity contribution is 0.0889. The molecule has 0 spiro atoms. The summed E-state index contributed by atoms with van der Waals surface area (Å²) in [7, 11) is 0. The molecule has 0 bridgehead atoms. The average molecular weight is 448 g/mol. The van der Waals surface area contributed by atoms with Crippen LogP contribution < -0.4 is 15.0 Å². The monoisotopic (exact) mass is 447 g/mol. The molecule has 2 aliphatic rings. The molecule has 0 unspecified atom stereocenters. The van der Waals surface area contributed by atoms with Gasteiger partial charge in [-0.1, -0.05) is 6.07 Å². The number of morpholine rings is 1. The maximum Gasteiger partial charge on any atom is 0.270 e. The zero-order valence-corrected chi connectivity index (χ0v) is 18.9. The van der Waals surface area contributed by atoms with Crippen LogP contribution in [0.4, 0.5) is 5.69 Å². The first kappa shape index (κ1) is 21.6. The molecule has 3 heterocycles. The number of benzene rings is 1. The predicted octanol–water partition coefficient (Wildman–Crippen LogP) is 3.29. The van der Waals surface area contributed by atoms with E-state index in [-0.39, 0.29) is 18.1 Å². The summed E-state index contributed by atoms with van der Waals surface area (Å²) < 4.78 is 12.0. The minimum atomic E-state index is -0.100. The number of anilines is 1. The fourth-order valence-corrected chi connectivity index (χ4v) is 4.60. The molecule has 1 saturated heterocycles. The molecule has 1 aromatic carbocycles. The first-order valence-electron chi connectivity index (χ1n) is 11.6. The van der Waals surface area contributed by atoms with Gasteiger partial charge in [-0.2, -0.15) is 0 Å². The number of aryl methyl sites for hydroxylation is 1. The van der Waals surface area contributed by atoms with Crippen molar-refractivity contribution in [3.05, 3.63) is 54.1 Å². The topological polar surface area (TPSA) is 89.5 Å². The predicted molar refractivity (Wildman–Crippen MR) is 126 cm³/mol. The van der Waals surface area contributed by atoms with Gasteiger partial charge in [0.1, 0.15) is 17.0 Å². The smallest absolute Gasteiger partial charge is 0.270 e. The lowest BCUT2D eigenvalue weighted by atomic mass is 9.92. The largest absolute Gasteiger partial charge is 0.488 e. The van der Waals surface area contributed by atoms with Gasteiger partial charge in [0.25, 0.3) is 5.91 Å². The lowest BCUT2D eigenvalue weighted by Crippen LogP contribution is -2.40. The van der Waals surface area contributed by atoms with E-state index in [1.165, 1.54) is 0 Å². The van der Waals surface area contributed by atoms with Crippen LogP contribution in [0.2, 0.25) is 0 Å². The van der Waals surface area contributed by atoms with Crippen molar-refractivity contribution in [2.75, 3.05) is 31.2 Å². The van der Waals surface area contributed by atoms with E-state index >= 15 is 0 Å². The highest BCUT2D eigenvalue weighted by atomic mass is 16.5. The molecular formula is C25H29N5O3. The SMILES string of the molecule is Cc1cccnc1C(=O)N[C@H]1CC[C@@H](Oc2cc(N3CCOCC3)cc3nccnc23)CC1. The van der Waals surface area contributed by atoms with E-state index in [0.29, 0.717) is 5.69 Å². The van der Waals surface area contributed by atoms with Crippen LogP contribution in [-0.4, -0.2) is 59.3 Å². The number of hydrogen-bond donors (Lipinski definition) is 1. The summed E-state index contributed by atoms with van der Waals surface area (Å²) in [5.41, 5.74) is 4.10. The molecule has 3 aromatic rings. The van der Waals surface area contributed by atoms with Crippen LogP contribution in [0.3, 0.4) is 0 Å². The van der Waals surface area contributed by atoms with E-state index in [1.54, 1.807) is 18.6 Å². The summed E-state index contributed by atoms with van der Waals surface area (Å²) in [6.45, 7) is 5.06. The van der Waals surface area contributed by atoms with Crippen molar-refractivity contribution in [2.45, 2.75) is 44.8 Å². The van der Waals surface area contributed by atoms with Gasteiger partial charge in [-0.05, 0) is 50.3 Å². The first-order valence-corrected chi connectivity index (χ1v) is 11.6. The van der Waals surface area contributed by atoms with Gasteiger partial charge in [-0.3, -0.25) is 14.8 Å². The number of hydrogen-bond acceptors (Lipinski definition) is 7. The summed E-state index contributed by atoms with van der Waals surface area (Å²) in [6.07, 6.45) is 8.64. The Morgan fingerprint density at radius 2 is 1.85 bits per heavy atom. The minimum absolute atomic E-state index is 0.0832. The maximum atomic E-state index is 12.6. The zero-order chi connectivity index (χ0) is 22.6. The molecule has 33 heavy (non-hydrogen) atoms. The summed E-state index contributed by atoms with van der Waals surface area (Å²) in [5.74, 6) is 0.677. The second kappa shape index (κ2) is 9.70. The van der Waals surface area contributed by atoms with Gasteiger partial charge in [0.2, 0.25) is 0 Å². The Kier molecular flexibility index (Phi) is 6.35. The van der Waals surface area contributed by atoms with Crippen LogP contribution in [-0.2, 0) is 4.74 Å². The second-order valence-corrected chi connectivity index (χ2v) is 8.70. The Balaban J connectivity index is 1.25. The van der Waals surface area contributed by atoms with Crippen LogP contribution in [0.15, 0.2) is 42.9 Å². The number of nitrogens with one attached hydrogen (secondary N) is 1. The highest BCUT2D eigenvalue weighted by molar-refractivity contribution is 5.93. The molecule has 1 saturated carbocycles. The third-order valence-electron chi connectivity index (χ3n) is 6.43. The van der Waals surface area contributed by atoms with Crippen molar-refractivity contribution in [1.29, 1.82) is 0 Å². The Morgan fingerprint density at radius 1 is 1.06 bits per heavy atom. The standard InChI is InChI=1S/C25H29N5O3/c1-17-3-2-8-27-23(17)25(31)29-18-4-6-20(7-5-18)33-22-16-19(30-11-13-32-14-12-30)15-21-24(22)28-10-9-26-21/h2-3,8-10,15-16,18,20H,4-7,11-14H2,1H3,(H,29,31)/t18-,20+. The zero-order valence-electron chi connectivity index (χ0n) is 18.9. The van der Waals surface area contributed by atoms with E-state index in [4.69, 9.17) is 9.47 Å². The molecule has 8 heteroatoms. The van der Waals surface area contributed by atoms with Gasteiger partial charge in [-0.25, -0.2) is 4.98 Å². The molecule has 1 aliphatic carbocycles. The second-order valence-electron chi connectivity index (χ2n) is 8.70. The number of carbonyl (C=O) groups excluding carboxylic acids is 1. The van der Waals surface area contributed by atoms with Crippen LogP contribution in [0.25, 0.3) is 11.0 Å². The number of ether oxygens (including phenoxy) is 2. The van der Waals surface area contributed by atoms with Crippen molar-refractivity contribution in [3.8, 4) is 5.75 Å². The molecule has 2 aromatic heterocycles. The quantitative estimate of drug-likeness (QED) is 0.642. The fourth-order valence-electron chi connectivity index (χ4n) is 4.60. The van der Waals surface area contributed by atoms with Crippen molar-refractivity contribution < 1.29 is 14.3 Å². The van der Waals surface area contributed by atoms with Gasteiger partial charge in [0.05, 0.1) is 24.8 Å². The number of pyridine rings is 1. The summed E-state index contributed by atoms with van der Waals surface area (Å²) in [4.78, 5) is 28.2. The maximum absolute atomic E-state index is 12.6. The Hall–Kier alpha value is -3.26. The van der Waals surface area contributed by atoms with Gasteiger partial charge in [0.15, 0.2) is 0 Å². The fraction of sp³-hybridized carbons (Fsp3) is 0.440. The number of amides is 1. The van der Waals surface area contributed by atoms with E-state index in [2.05, 4.69) is 37.3 Å². The normalized spacial score (nSPS) is 21.1. The molecule has 1 amide bonds. The van der Waals surface area contributed by atoms with E-state index < -0.39 is 0 Å². The highest BCUT2D eigenvalue weighted by Crippen LogP contribution is 2.33. The summed E-state index contributed by atoms with van der Waals surface area (Å²) >= 11 is 0. The van der Waals surface area contributed by atoms with Crippen molar-refractivity contribution >= 4 is 22.6 Å². The van der Waals surface area contributed by atoms with E-state index in [1.807, 2.05) is 19.1 Å². The van der Waals surface area contributed by atoms with Crippen LogP contribution in [0.1, 0.15) is 41.7 Å². The van der Waals surface area contributed by atoms with E-state index in [9.17, 15) is 4.79 Å². The number of carbonyl (C=O) groups is 1. The van der Waals surface area contributed by atoms with Crippen molar-refractivity contribution in [1.82, 2.24) is 20.3 Å². The Labute approximate surface area is 193 Å². The van der Waals surface area contributed by atoms with Gasteiger partial charge in [0, 0.05) is 49.5 Å². The third-order valence-corrected chi connectivity index (χ3v) is 6.43. The molecule has 0 atom stereocenters. The Morgan fingerprint density at radius 3 is 2.64 bits per heavy atom. The number of aromatic nitrogens is 3. The van der Waals surface area contributed by atoms with Crippen LogP contribution in [0.5, 0.6) is 5.75 Å². The highest BCUT2D eigenvalue weighted by Gasteiger charge is 2.26. The molecule has 5 rings (SSSR count). The molecule has 1 aliphatic heterocycles. The van der Waals surface area contributed by atoms with Crippen molar-refractivity contribution in [2.24, 2.45) is 0 Å². The number of nitrogens with zero attached hydrogens (tertiary/aromatic N) is 4. The summed E-state index contributed by atoms with van der Waals surface area (Å²) in [6, 6.07) is 8.05. The molecule has 8 nitrogen and oxygen atoms in total. The average Bonchev–Trinajstić information content (AvgIpc) is 2.86. The lowest BCUT2D eigenvalue weighted by Gasteiger charge is -2.31. The Bertz CT molecular complexity index is 1120. The van der Waals surface area contributed by atoms with Gasteiger partial charge < -0.3 is 19.7 Å². The minimum Gasteiger partial charge on any atom is -0.488 e. The number of fused-ring (bicyclic) bond motifs is 1. The molecule has 0 radical (unpaired) electrons. The van der Waals surface area contributed by atoms with Crippen LogP contribution >= 0.6 is 0 Å². The molecule has 172 valence electrons. The third kappa shape index (κ3) is 4.90. The van der Waals surface area contributed by atoms with Crippen LogP contribution in [0, 0.1) is 6.92 Å². The van der Waals surface area contributed by atoms with Crippen molar-refractivity contribution in [3.63, 3.8) is 0 Å². The summed E-state index contributed by atoms with van der Waals surface area (Å²) in [5, 5.41) is 3.14. The molecular weight excluding hydrogens is 418 g/mol. The molecule has 1 N–H and O–H groups in total. The van der Waals surface area contributed by atoms with Gasteiger partial charge >= 0.3 is 0 Å².